The second kappa shape index (κ2) is 6.13. The number of aliphatic carboxylic acids is 1. The van der Waals surface area contributed by atoms with E-state index in [4.69, 9.17) is 9.84 Å². The Labute approximate surface area is 122 Å². The fourth-order valence-corrected chi connectivity index (χ4v) is 2.63. The predicted octanol–water partition coefficient (Wildman–Crippen LogP) is 1.88. The number of rotatable bonds is 5. The number of ether oxygens (including phenoxy) is 1. The van der Waals surface area contributed by atoms with Crippen LogP contribution in [-0.4, -0.2) is 40.7 Å². The van der Waals surface area contributed by atoms with E-state index in [-0.39, 0.29) is 13.0 Å². The highest BCUT2D eigenvalue weighted by atomic mass is 16.5. The third-order valence-corrected chi connectivity index (χ3v) is 3.74. The predicted molar refractivity (Wildman–Crippen MR) is 78.7 cm³/mol. The molecular formula is C15H19N3O3. The van der Waals surface area contributed by atoms with Crippen molar-refractivity contribution in [1.82, 2.24) is 15.3 Å². The zero-order chi connectivity index (χ0) is 14.7. The van der Waals surface area contributed by atoms with Gasteiger partial charge in [0.1, 0.15) is 11.6 Å². The molecule has 112 valence electrons. The van der Waals surface area contributed by atoms with E-state index in [9.17, 15) is 4.79 Å². The third-order valence-electron chi connectivity index (χ3n) is 3.74. The first-order valence-electron chi connectivity index (χ1n) is 7.27. The molecule has 1 aliphatic heterocycles. The summed E-state index contributed by atoms with van der Waals surface area (Å²) in [6.07, 6.45) is 2.32. The molecule has 1 aromatic heterocycles. The standard InChI is InChI=1S/C15H19N3O3/c19-14(20)5-7-21-11-3-4-12-13(8-11)18-15(17-12)10-2-1-6-16-9-10/h3-4,8,10,16H,1-2,5-7,9H2,(H,17,18)(H,19,20). The van der Waals surface area contributed by atoms with Crippen LogP contribution >= 0.6 is 0 Å². The second-order valence-electron chi connectivity index (χ2n) is 5.34. The first-order valence-corrected chi connectivity index (χ1v) is 7.27. The molecule has 1 saturated heterocycles. The summed E-state index contributed by atoms with van der Waals surface area (Å²) in [5.74, 6) is 1.26. The molecule has 6 heteroatoms. The molecule has 1 atom stereocenters. The zero-order valence-electron chi connectivity index (χ0n) is 11.8. The summed E-state index contributed by atoms with van der Waals surface area (Å²) < 4.78 is 5.44. The van der Waals surface area contributed by atoms with Gasteiger partial charge in [-0.15, -0.1) is 0 Å². The van der Waals surface area contributed by atoms with E-state index in [0.717, 1.165) is 36.4 Å². The molecule has 3 N–H and O–H groups in total. The van der Waals surface area contributed by atoms with Crippen LogP contribution in [0.5, 0.6) is 5.75 Å². The highest BCUT2D eigenvalue weighted by Crippen LogP contribution is 2.25. The lowest BCUT2D eigenvalue weighted by molar-refractivity contribution is -0.137. The number of piperidine rings is 1. The van der Waals surface area contributed by atoms with E-state index in [1.54, 1.807) is 0 Å². The average molecular weight is 289 g/mol. The quantitative estimate of drug-likeness (QED) is 0.782. The summed E-state index contributed by atoms with van der Waals surface area (Å²) in [6.45, 7) is 2.22. The van der Waals surface area contributed by atoms with Crippen LogP contribution < -0.4 is 10.1 Å². The molecule has 2 aromatic rings. The molecule has 0 radical (unpaired) electrons. The molecule has 0 aliphatic carbocycles. The number of aromatic nitrogens is 2. The number of nitrogens with zero attached hydrogens (tertiary/aromatic N) is 1. The number of fused-ring (bicyclic) bond motifs is 1. The molecule has 6 nitrogen and oxygen atoms in total. The van der Waals surface area contributed by atoms with Crippen molar-refractivity contribution in [3.05, 3.63) is 24.0 Å². The molecule has 3 rings (SSSR count). The van der Waals surface area contributed by atoms with Crippen LogP contribution in [0.2, 0.25) is 0 Å². The van der Waals surface area contributed by atoms with Crippen LogP contribution in [0.4, 0.5) is 0 Å². The van der Waals surface area contributed by atoms with E-state index in [1.807, 2.05) is 18.2 Å². The number of H-pyrrole nitrogens is 1. The highest BCUT2D eigenvalue weighted by molar-refractivity contribution is 5.77. The van der Waals surface area contributed by atoms with Gasteiger partial charge in [0, 0.05) is 18.5 Å². The van der Waals surface area contributed by atoms with Crippen LogP contribution in [0.15, 0.2) is 18.2 Å². The molecule has 0 bridgehead atoms. The summed E-state index contributed by atoms with van der Waals surface area (Å²) in [7, 11) is 0. The molecular weight excluding hydrogens is 270 g/mol. The van der Waals surface area contributed by atoms with E-state index in [1.165, 1.54) is 6.42 Å². The molecule has 1 aliphatic rings. The topological polar surface area (TPSA) is 87.2 Å². The monoisotopic (exact) mass is 289 g/mol. The van der Waals surface area contributed by atoms with Crippen LogP contribution in [-0.2, 0) is 4.79 Å². The number of nitrogens with one attached hydrogen (secondary N) is 2. The molecule has 0 amide bonds. The van der Waals surface area contributed by atoms with Gasteiger partial charge in [-0.1, -0.05) is 0 Å². The van der Waals surface area contributed by atoms with Crippen molar-refractivity contribution < 1.29 is 14.6 Å². The maximum atomic E-state index is 10.5. The Balaban J connectivity index is 1.73. The molecule has 21 heavy (non-hydrogen) atoms. The minimum Gasteiger partial charge on any atom is -0.493 e. The van der Waals surface area contributed by atoms with E-state index in [0.29, 0.717) is 11.7 Å². The number of aromatic amines is 1. The fourth-order valence-electron chi connectivity index (χ4n) is 2.63. The number of hydrogen-bond acceptors (Lipinski definition) is 4. The minimum absolute atomic E-state index is 0.00000677. The maximum absolute atomic E-state index is 10.5. The zero-order valence-corrected chi connectivity index (χ0v) is 11.8. The van der Waals surface area contributed by atoms with Gasteiger partial charge >= 0.3 is 5.97 Å². The van der Waals surface area contributed by atoms with Gasteiger partial charge in [-0.3, -0.25) is 4.79 Å². The van der Waals surface area contributed by atoms with Crippen LogP contribution in [0, 0.1) is 0 Å². The molecule has 1 fully saturated rings. The highest BCUT2D eigenvalue weighted by Gasteiger charge is 2.18. The number of carboxylic acid groups (broad SMARTS) is 1. The van der Waals surface area contributed by atoms with Gasteiger partial charge in [0.05, 0.1) is 24.1 Å². The van der Waals surface area contributed by atoms with Crippen molar-refractivity contribution in [1.29, 1.82) is 0 Å². The number of hydrogen-bond donors (Lipinski definition) is 3. The second-order valence-corrected chi connectivity index (χ2v) is 5.34. The minimum atomic E-state index is -0.857. The van der Waals surface area contributed by atoms with Crippen LogP contribution in [0.3, 0.4) is 0 Å². The first kappa shape index (κ1) is 13.9. The van der Waals surface area contributed by atoms with Gasteiger partial charge in [-0.2, -0.15) is 0 Å². The number of carbonyl (C=O) groups is 1. The Morgan fingerprint density at radius 2 is 2.38 bits per heavy atom. The SMILES string of the molecule is O=C(O)CCOc1ccc2nc(C3CCCNC3)[nH]c2c1. The number of imidazole rings is 1. The van der Waals surface area contributed by atoms with Gasteiger partial charge in [-0.25, -0.2) is 4.98 Å². The Hall–Kier alpha value is -2.08. The van der Waals surface area contributed by atoms with Crippen molar-refractivity contribution in [3.63, 3.8) is 0 Å². The summed E-state index contributed by atoms with van der Waals surface area (Å²) in [4.78, 5) is 18.5. The number of benzene rings is 1. The summed E-state index contributed by atoms with van der Waals surface area (Å²) in [6, 6.07) is 5.61. The summed E-state index contributed by atoms with van der Waals surface area (Å²) in [5.41, 5.74) is 1.85. The molecule has 0 spiro atoms. The largest absolute Gasteiger partial charge is 0.493 e. The van der Waals surface area contributed by atoms with Crippen LogP contribution in [0.25, 0.3) is 11.0 Å². The van der Waals surface area contributed by atoms with Crippen molar-refractivity contribution in [3.8, 4) is 5.75 Å². The molecule has 1 aromatic carbocycles. The maximum Gasteiger partial charge on any atom is 0.306 e. The van der Waals surface area contributed by atoms with E-state index < -0.39 is 5.97 Å². The molecule has 0 saturated carbocycles. The van der Waals surface area contributed by atoms with Crippen molar-refractivity contribution in [2.24, 2.45) is 0 Å². The van der Waals surface area contributed by atoms with Crippen LogP contribution in [0.1, 0.15) is 31.0 Å². The van der Waals surface area contributed by atoms with Crippen molar-refractivity contribution >= 4 is 17.0 Å². The lowest BCUT2D eigenvalue weighted by Crippen LogP contribution is -2.28. The summed E-state index contributed by atoms with van der Waals surface area (Å²) in [5, 5.41) is 12.0. The fraction of sp³-hybridized carbons (Fsp3) is 0.467. The Kier molecular flexibility index (Phi) is 4.06. The van der Waals surface area contributed by atoms with E-state index >= 15 is 0 Å². The van der Waals surface area contributed by atoms with Gasteiger partial charge in [0.15, 0.2) is 0 Å². The lowest BCUT2D eigenvalue weighted by Gasteiger charge is -2.20. The Morgan fingerprint density at radius 1 is 1.48 bits per heavy atom. The van der Waals surface area contributed by atoms with Gasteiger partial charge in [0.2, 0.25) is 0 Å². The number of carboxylic acids is 1. The molecule has 2 heterocycles. The average Bonchev–Trinajstić information content (AvgIpc) is 2.91. The molecule has 1 unspecified atom stereocenters. The Morgan fingerprint density at radius 3 is 3.14 bits per heavy atom. The third kappa shape index (κ3) is 3.33. The van der Waals surface area contributed by atoms with Gasteiger partial charge in [-0.05, 0) is 31.5 Å². The van der Waals surface area contributed by atoms with E-state index in [2.05, 4.69) is 15.3 Å². The Bertz CT molecular complexity index is 632. The van der Waals surface area contributed by atoms with Gasteiger partial charge < -0.3 is 20.1 Å². The first-order chi connectivity index (χ1) is 10.2. The summed E-state index contributed by atoms with van der Waals surface area (Å²) >= 11 is 0. The normalized spacial score (nSPS) is 18.8. The smallest absolute Gasteiger partial charge is 0.306 e. The van der Waals surface area contributed by atoms with Crippen molar-refractivity contribution in [2.75, 3.05) is 19.7 Å². The lowest BCUT2D eigenvalue weighted by atomic mass is 9.99. The van der Waals surface area contributed by atoms with Gasteiger partial charge in [0.25, 0.3) is 0 Å². The van der Waals surface area contributed by atoms with Crippen molar-refractivity contribution in [2.45, 2.75) is 25.2 Å².